The second-order valence-corrected chi connectivity index (χ2v) is 11.8. The van der Waals surface area contributed by atoms with Crippen LogP contribution in [0.5, 0.6) is 0 Å². The highest BCUT2D eigenvalue weighted by atomic mass is 14.1. The van der Waals surface area contributed by atoms with Crippen molar-refractivity contribution in [2.24, 2.45) is 0 Å². The van der Waals surface area contributed by atoms with Crippen molar-refractivity contribution in [1.82, 2.24) is 0 Å². The van der Waals surface area contributed by atoms with E-state index < -0.39 is 0 Å². The molecule has 0 fully saturated rings. The van der Waals surface area contributed by atoms with E-state index in [-0.39, 0.29) is 0 Å². The third-order valence-corrected chi connectivity index (χ3v) is 8.09. The Bertz CT molecular complexity index is 406. The Labute approximate surface area is 231 Å². The van der Waals surface area contributed by atoms with E-state index in [4.69, 9.17) is 0 Å². The maximum absolute atomic E-state index is 3.98. The Kier molecular flexibility index (Phi) is 32.5. The fourth-order valence-corrected chi connectivity index (χ4v) is 5.52. The minimum atomic E-state index is 1.11. The average Bonchev–Trinajstić information content (AvgIpc) is 2.89. The molecule has 0 saturated heterocycles. The molecule has 0 heteroatoms. The van der Waals surface area contributed by atoms with Gasteiger partial charge in [0.15, 0.2) is 0 Å². The Morgan fingerprint density at radius 3 is 1.06 bits per heavy atom. The van der Waals surface area contributed by atoms with Crippen LogP contribution in [0.2, 0.25) is 0 Å². The van der Waals surface area contributed by atoms with Crippen LogP contribution >= 0.6 is 0 Å². The van der Waals surface area contributed by atoms with E-state index in [2.05, 4.69) is 26.8 Å². The Morgan fingerprint density at radius 1 is 0.389 bits per heavy atom. The van der Waals surface area contributed by atoms with Gasteiger partial charge in [0, 0.05) is 0 Å². The van der Waals surface area contributed by atoms with Crippen molar-refractivity contribution >= 4 is 0 Å². The molecule has 0 amide bonds. The largest absolute Gasteiger partial charge is 0.0853 e. The molecule has 215 valence electrons. The zero-order valence-electron chi connectivity index (χ0n) is 25.7. The minimum absolute atomic E-state index is 1.11. The Balaban J connectivity index is 3.73. The highest BCUT2D eigenvalue weighted by molar-refractivity contribution is 5.02. The van der Waals surface area contributed by atoms with Crippen molar-refractivity contribution in [2.45, 2.75) is 213 Å². The Hall–Kier alpha value is -0.260. The first-order valence-electron chi connectivity index (χ1n) is 17.3. The summed E-state index contributed by atoms with van der Waals surface area (Å²) in [5, 5.41) is 0. The molecule has 0 aromatic heterocycles. The second-order valence-electron chi connectivity index (χ2n) is 11.8. The molecular formula is C36H71. The van der Waals surface area contributed by atoms with E-state index in [9.17, 15) is 0 Å². The monoisotopic (exact) mass is 504 g/mol. The first-order chi connectivity index (χ1) is 17.8. The van der Waals surface area contributed by atoms with Crippen LogP contribution in [0.4, 0.5) is 0 Å². The Morgan fingerprint density at radius 2 is 0.694 bits per heavy atom. The first kappa shape index (κ1) is 35.7. The van der Waals surface area contributed by atoms with Crippen molar-refractivity contribution in [2.75, 3.05) is 0 Å². The molecule has 0 spiro atoms. The summed E-state index contributed by atoms with van der Waals surface area (Å²) in [5.41, 5.74) is 1.80. The van der Waals surface area contributed by atoms with E-state index in [0.29, 0.717) is 0 Å². The van der Waals surface area contributed by atoms with Gasteiger partial charge in [-0.05, 0) is 38.5 Å². The molecule has 0 aliphatic rings. The normalized spacial score (nSPS) is 12.0. The molecule has 0 aliphatic carbocycles. The van der Waals surface area contributed by atoms with Gasteiger partial charge in [-0.2, -0.15) is 0 Å². The molecule has 0 rings (SSSR count). The molecular weight excluding hydrogens is 432 g/mol. The van der Waals surface area contributed by atoms with E-state index >= 15 is 0 Å². The van der Waals surface area contributed by atoms with E-state index in [0.717, 1.165) is 6.42 Å². The number of hydrogen-bond acceptors (Lipinski definition) is 0. The average molecular weight is 504 g/mol. The summed E-state index contributed by atoms with van der Waals surface area (Å²) < 4.78 is 0. The summed E-state index contributed by atoms with van der Waals surface area (Å²) in [6.07, 6.45) is 46.8. The quantitative estimate of drug-likeness (QED) is 0.0651. The standard InChI is InChI=1S/C36H71/c1-4-7-10-13-16-17-18-19-20-21-22-23-24-26-29-32-35-36(33-30-27-15-12-9-6-3)34-31-28-25-14-11-8-5-2/h34H,3-33,35H2,1-2H3/b36-34+. The van der Waals surface area contributed by atoms with Crippen LogP contribution in [0.1, 0.15) is 213 Å². The highest BCUT2D eigenvalue weighted by Gasteiger charge is 2.01. The summed E-state index contributed by atoms with van der Waals surface area (Å²) in [4.78, 5) is 0. The maximum Gasteiger partial charge on any atom is -0.0320 e. The third kappa shape index (κ3) is 30.0. The number of hydrogen-bond donors (Lipinski definition) is 0. The highest BCUT2D eigenvalue weighted by Crippen LogP contribution is 2.21. The lowest BCUT2D eigenvalue weighted by Crippen LogP contribution is -1.89. The lowest BCUT2D eigenvalue weighted by Gasteiger charge is -2.09. The summed E-state index contributed by atoms with van der Waals surface area (Å²) in [6.45, 7) is 8.60. The molecule has 0 aromatic carbocycles. The minimum Gasteiger partial charge on any atom is -0.0853 e. The number of rotatable bonds is 31. The van der Waals surface area contributed by atoms with E-state index in [1.807, 2.05) is 0 Å². The van der Waals surface area contributed by atoms with Crippen molar-refractivity contribution < 1.29 is 0 Å². The summed E-state index contributed by atoms with van der Waals surface area (Å²) in [6, 6.07) is 0. The molecule has 1 radical (unpaired) electrons. The second kappa shape index (κ2) is 32.8. The maximum atomic E-state index is 3.98. The zero-order chi connectivity index (χ0) is 26.2. The van der Waals surface area contributed by atoms with Gasteiger partial charge < -0.3 is 0 Å². The van der Waals surface area contributed by atoms with E-state index in [1.54, 1.807) is 5.57 Å². The van der Waals surface area contributed by atoms with Gasteiger partial charge in [-0.25, -0.2) is 0 Å². The fourth-order valence-electron chi connectivity index (χ4n) is 5.52. The molecule has 0 nitrogen and oxygen atoms in total. The van der Waals surface area contributed by atoms with Crippen LogP contribution in [0.3, 0.4) is 0 Å². The molecule has 0 bridgehead atoms. The SMILES string of the molecule is [CH2]CCCCCCC/C(=C\CCCCCCCC)CCCCCCCCCCCCCCCCCC. The van der Waals surface area contributed by atoms with Gasteiger partial charge in [0.2, 0.25) is 0 Å². The van der Waals surface area contributed by atoms with Crippen LogP contribution in [0.15, 0.2) is 11.6 Å². The third-order valence-electron chi connectivity index (χ3n) is 8.09. The topological polar surface area (TPSA) is 0 Å². The zero-order valence-corrected chi connectivity index (χ0v) is 25.7. The number of unbranched alkanes of at least 4 members (excludes halogenated alkanes) is 26. The van der Waals surface area contributed by atoms with Crippen LogP contribution in [-0.4, -0.2) is 0 Å². The van der Waals surface area contributed by atoms with Gasteiger partial charge >= 0.3 is 0 Å². The molecule has 0 saturated carbocycles. The van der Waals surface area contributed by atoms with Crippen molar-refractivity contribution in [1.29, 1.82) is 0 Å². The van der Waals surface area contributed by atoms with Gasteiger partial charge in [-0.3, -0.25) is 0 Å². The molecule has 0 aromatic rings. The predicted molar refractivity (Wildman–Crippen MR) is 168 cm³/mol. The molecule has 0 N–H and O–H groups in total. The van der Waals surface area contributed by atoms with Gasteiger partial charge in [-0.15, -0.1) is 0 Å². The van der Waals surface area contributed by atoms with Crippen LogP contribution in [-0.2, 0) is 0 Å². The molecule has 0 atom stereocenters. The van der Waals surface area contributed by atoms with Gasteiger partial charge in [0.1, 0.15) is 0 Å². The first-order valence-corrected chi connectivity index (χ1v) is 17.3. The van der Waals surface area contributed by atoms with Crippen molar-refractivity contribution in [3.63, 3.8) is 0 Å². The molecule has 0 aliphatic heterocycles. The molecule has 0 unspecified atom stereocenters. The molecule has 36 heavy (non-hydrogen) atoms. The fraction of sp³-hybridized carbons (Fsp3) is 0.917. The predicted octanol–water partition coefficient (Wildman–Crippen LogP) is 13.9. The lowest BCUT2D eigenvalue weighted by molar-refractivity contribution is 0.528. The van der Waals surface area contributed by atoms with E-state index in [1.165, 1.54) is 193 Å². The van der Waals surface area contributed by atoms with Crippen molar-refractivity contribution in [3.8, 4) is 0 Å². The smallest absolute Gasteiger partial charge is 0.0320 e. The summed E-state index contributed by atoms with van der Waals surface area (Å²) in [5.74, 6) is 0. The van der Waals surface area contributed by atoms with Gasteiger partial charge in [0.25, 0.3) is 0 Å². The van der Waals surface area contributed by atoms with Crippen molar-refractivity contribution in [3.05, 3.63) is 18.6 Å². The lowest BCUT2D eigenvalue weighted by atomic mass is 9.97. The van der Waals surface area contributed by atoms with Gasteiger partial charge in [0.05, 0.1) is 0 Å². The van der Waals surface area contributed by atoms with Crippen LogP contribution in [0, 0.1) is 6.92 Å². The van der Waals surface area contributed by atoms with Gasteiger partial charge in [-0.1, -0.05) is 193 Å². The van der Waals surface area contributed by atoms with Crippen LogP contribution in [0.25, 0.3) is 0 Å². The van der Waals surface area contributed by atoms with Crippen LogP contribution < -0.4 is 0 Å². The molecule has 0 heterocycles. The summed E-state index contributed by atoms with van der Waals surface area (Å²) >= 11 is 0. The number of allylic oxidation sites excluding steroid dienone is 2. The summed E-state index contributed by atoms with van der Waals surface area (Å²) in [7, 11) is 0.